The fourth-order valence-corrected chi connectivity index (χ4v) is 3.24. The van der Waals surface area contributed by atoms with Gasteiger partial charge >= 0.3 is 0 Å². The van der Waals surface area contributed by atoms with Crippen LogP contribution in [0.25, 0.3) is 22.6 Å². The topological polar surface area (TPSA) is 148 Å². The lowest BCUT2D eigenvalue weighted by atomic mass is 10.1. The van der Waals surface area contributed by atoms with Crippen molar-refractivity contribution in [3.63, 3.8) is 0 Å². The lowest BCUT2D eigenvalue weighted by Crippen LogP contribution is -2.03. The molecule has 4 rings (SSSR count). The smallest absolute Gasteiger partial charge is 0.276 e. The predicted octanol–water partition coefficient (Wildman–Crippen LogP) is 4.75. The number of aryl methyl sites for hydroxylation is 1. The number of non-ortho nitro benzene ring substituents is 1. The second-order valence-electron chi connectivity index (χ2n) is 7.10. The number of aromatic nitrogens is 1. The van der Waals surface area contributed by atoms with Gasteiger partial charge in [-0.25, -0.2) is 4.98 Å². The van der Waals surface area contributed by atoms with Crippen molar-refractivity contribution in [2.24, 2.45) is 4.99 Å². The van der Waals surface area contributed by atoms with Gasteiger partial charge in [-0.2, -0.15) is 0 Å². The number of nitro benzene ring substituents is 2. The second kappa shape index (κ2) is 7.91. The lowest BCUT2D eigenvalue weighted by Gasteiger charge is -2.10. The van der Waals surface area contributed by atoms with E-state index in [2.05, 4.69) is 9.98 Å². The molecule has 0 aliphatic rings. The van der Waals surface area contributed by atoms with E-state index in [0.29, 0.717) is 39.9 Å². The van der Waals surface area contributed by atoms with Crippen LogP contribution in [0, 0.1) is 34.1 Å². The third kappa shape index (κ3) is 3.76. The number of fused-ring (bicyclic) bond motifs is 1. The van der Waals surface area contributed by atoms with Gasteiger partial charge in [-0.1, -0.05) is 12.1 Å². The Bertz CT molecular complexity index is 1420. The van der Waals surface area contributed by atoms with Crippen LogP contribution in [0.1, 0.15) is 16.7 Å². The summed E-state index contributed by atoms with van der Waals surface area (Å²) < 4.78 is 5.85. The van der Waals surface area contributed by atoms with E-state index in [1.54, 1.807) is 19.1 Å². The first-order chi connectivity index (χ1) is 15.2. The fourth-order valence-electron chi connectivity index (χ4n) is 3.24. The molecule has 0 aliphatic carbocycles. The molecule has 0 saturated carbocycles. The molecule has 4 aromatic rings. The van der Waals surface area contributed by atoms with Crippen molar-refractivity contribution >= 4 is 34.4 Å². The van der Waals surface area contributed by atoms with E-state index in [4.69, 9.17) is 4.42 Å². The van der Waals surface area contributed by atoms with Gasteiger partial charge < -0.3 is 9.52 Å². The summed E-state index contributed by atoms with van der Waals surface area (Å²) in [6, 6.07) is 12.5. The van der Waals surface area contributed by atoms with Crippen LogP contribution in [-0.4, -0.2) is 21.0 Å². The summed E-state index contributed by atoms with van der Waals surface area (Å²) in [5, 5.41) is 34.5. The van der Waals surface area contributed by atoms with Crippen LogP contribution in [0.3, 0.4) is 0 Å². The zero-order valence-corrected chi connectivity index (χ0v) is 16.9. The minimum absolute atomic E-state index is 0.256. The molecule has 32 heavy (non-hydrogen) atoms. The Hall–Kier alpha value is -4.60. The highest BCUT2D eigenvalue weighted by Crippen LogP contribution is 2.34. The molecule has 10 nitrogen and oxygen atoms in total. The average Bonchev–Trinajstić information content (AvgIpc) is 3.16. The van der Waals surface area contributed by atoms with E-state index < -0.39 is 27.0 Å². The molecule has 0 aliphatic heterocycles. The van der Waals surface area contributed by atoms with Crippen LogP contribution in [0.4, 0.5) is 17.1 Å². The van der Waals surface area contributed by atoms with Crippen LogP contribution in [0.2, 0.25) is 0 Å². The summed E-state index contributed by atoms with van der Waals surface area (Å²) in [4.78, 5) is 29.2. The van der Waals surface area contributed by atoms with Gasteiger partial charge in [-0.15, -0.1) is 0 Å². The number of hydrogen-bond acceptors (Lipinski definition) is 8. The third-order valence-electron chi connectivity index (χ3n) is 4.91. The van der Waals surface area contributed by atoms with Gasteiger partial charge in [0.2, 0.25) is 5.89 Å². The van der Waals surface area contributed by atoms with Crippen LogP contribution in [-0.2, 0) is 0 Å². The van der Waals surface area contributed by atoms with Crippen molar-refractivity contribution in [1.82, 2.24) is 4.98 Å². The third-order valence-corrected chi connectivity index (χ3v) is 4.91. The maximum atomic E-state index is 12.3. The number of oxazole rings is 1. The first-order valence-electron chi connectivity index (χ1n) is 9.39. The fraction of sp³-hybridized carbons (Fsp3) is 0.0909. The first-order valence-corrected chi connectivity index (χ1v) is 9.39. The number of benzene rings is 3. The monoisotopic (exact) mass is 431 g/mol. The summed E-state index contributed by atoms with van der Waals surface area (Å²) in [6.07, 6.45) is 1.09. The molecule has 0 saturated heterocycles. The molecule has 10 heteroatoms. The first kappa shape index (κ1) is 20.7. The lowest BCUT2D eigenvalue weighted by molar-refractivity contribution is -0.403. The molecule has 0 atom stereocenters. The van der Waals surface area contributed by atoms with Crippen molar-refractivity contribution in [3.05, 3.63) is 85.4 Å². The van der Waals surface area contributed by atoms with Gasteiger partial charge in [0.1, 0.15) is 5.52 Å². The number of nitrogens with zero attached hydrogens (tertiary/aromatic N) is 4. The Morgan fingerprint density at radius 2 is 1.81 bits per heavy atom. The van der Waals surface area contributed by atoms with Gasteiger partial charge in [0.05, 0.1) is 21.6 Å². The van der Waals surface area contributed by atoms with E-state index in [1.807, 2.05) is 31.2 Å². The van der Waals surface area contributed by atoms with E-state index in [9.17, 15) is 25.3 Å². The highest BCUT2D eigenvalue weighted by molar-refractivity contribution is 5.89. The summed E-state index contributed by atoms with van der Waals surface area (Å²) >= 11 is 0. The zero-order valence-electron chi connectivity index (χ0n) is 16.9. The summed E-state index contributed by atoms with van der Waals surface area (Å²) in [7, 11) is 0. The Morgan fingerprint density at radius 3 is 2.53 bits per heavy atom. The van der Waals surface area contributed by atoms with E-state index in [0.717, 1.165) is 17.8 Å². The normalized spacial score (nSPS) is 11.3. The average molecular weight is 431 g/mol. The van der Waals surface area contributed by atoms with E-state index >= 15 is 0 Å². The molecule has 0 unspecified atom stereocenters. The van der Waals surface area contributed by atoms with Gasteiger partial charge in [-0.05, 0) is 60.6 Å². The molecular weight excluding hydrogens is 416 g/mol. The quantitative estimate of drug-likeness (QED) is 0.251. The van der Waals surface area contributed by atoms with Gasteiger partial charge in [0.15, 0.2) is 5.58 Å². The number of aliphatic imine (C=N–C) groups is 1. The van der Waals surface area contributed by atoms with E-state index in [1.165, 1.54) is 0 Å². The summed E-state index contributed by atoms with van der Waals surface area (Å²) in [5.74, 6) is -0.553. The largest absolute Gasteiger partial charge is 0.867 e. The maximum absolute atomic E-state index is 12.3. The molecule has 0 N–H and O–H groups in total. The van der Waals surface area contributed by atoms with Crippen LogP contribution in [0.15, 0.2) is 57.9 Å². The Balaban J connectivity index is 1.76. The standard InChI is InChI=1S/C22H16N4O6/c1-12-6-7-20-18(8-12)24-22(32-20)16-4-3-5-17(13(16)2)23-11-14-9-15(25(28)29)10-19(21(14)27)26(30)31/h3-11,27H,1-2H3/p-1. The maximum Gasteiger partial charge on any atom is 0.276 e. The molecule has 0 bridgehead atoms. The van der Waals surface area contributed by atoms with Crippen LogP contribution < -0.4 is 5.11 Å². The molecule has 0 amide bonds. The number of nitro groups is 2. The van der Waals surface area contributed by atoms with Crippen LogP contribution in [0.5, 0.6) is 5.75 Å². The van der Waals surface area contributed by atoms with E-state index in [-0.39, 0.29) is 5.56 Å². The predicted molar refractivity (Wildman–Crippen MR) is 115 cm³/mol. The molecule has 0 radical (unpaired) electrons. The minimum atomic E-state index is -0.951. The highest BCUT2D eigenvalue weighted by Gasteiger charge is 2.18. The molecule has 160 valence electrons. The van der Waals surface area contributed by atoms with Crippen molar-refractivity contribution in [1.29, 1.82) is 0 Å². The van der Waals surface area contributed by atoms with Gasteiger partial charge in [0.25, 0.3) is 11.4 Å². The Morgan fingerprint density at radius 1 is 1.03 bits per heavy atom. The van der Waals surface area contributed by atoms with Crippen molar-refractivity contribution in [3.8, 4) is 17.2 Å². The molecule has 0 fully saturated rings. The minimum Gasteiger partial charge on any atom is -0.867 e. The van der Waals surface area contributed by atoms with Crippen molar-refractivity contribution in [2.75, 3.05) is 0 Å². The number of hydrogen-bond donors (Lipinski definition) is 0. The summed E-state index contributed by atoms with van der Waals surface area (Å²) in [6.45, 7) is 3.74. The second-order valence-corrected chi connectivity index (χ2v) is 7.10. The highest BCUT2D eigenvalue weighted by atomic mass is 16.6. The summed E-state index contributed by atoms with van der Waals surface area (Å²) in [5.41, 5.74) is 2.53. The van der Waals surface area contributed by atoms with Crippen molar-refractivity contribution in [2.45, 2.75) is 13.8 Å². The molecular formula is C22H15N4O6-. The molecule has 1 heterocycles. The number of rotatable bonds is 5. The Kier molecular flexibility index (Phi) is 5.11. The van der Waals surface area contributed by atoms with Crippen LogP contribution >= 0.6 is 0 Å². The zero-order chi connectivity index (χ0) is 23.0. The molecule has 0 spiro atoms. The van der Waals surface area contributed by atoms with Gasteiger partial charge in [0, 0.05) is 17.8 Å². The molecule has 3 aromatic carbocycles. The SMILES string of the molecule is Cc1ccc2oc(-c3cccc(N=Cc4cc([N+](=O)[O-])cc([N+](=O)[O-])c4[O-])c3C)nc2c1. The van der Waals surface area contributed by atoms with Crippen molar-refractivity contribution < 1.29 is 19.4 Å². The Labute approximate surface area is 180 Å². The molecule has 1 aromatic heterocycles. The van der Waals surface area contributed by atoms with Gasteiger partial charge in [-0.3, -0.25) is 25.2 Å².